The van der Waals surface area contributed by atoms with E-state index in [1.54, 1.807) is 6.92 Å². The van der Waals surface area contributed by atoms with E-state index in [-0.39, 0.29) is 21.5 Å². The van der Waals surface area contributed by atoms with Gasteiger partial charge in [0.05, 0.1) is 4.90 Å². The van der Waals surface area contributed by atoms with E-state index in [1.807, 2.05) is 0 Å². The first-order valence-electron chi connectivity index (χ1n) is 5.45. The number of sulfonamides is 1. The van der Waals surface area contributed by atoms with Crippen LogP contribution in [0.4, 0.5) is 0 Å². The highest BCUT2D eigenvalue weighted by Crippen LogP contribution is 2.24. The van der Waals surface area contributed by atoms with Gasteiger partial charge in [-0.2, -0.15) is 4.31 Å². The van der Waals surface area contributed by atoms with E-state index in [1.165, 1.54) is 18.2 Å². The topological polar surface area (TPSA) is 74.7 Å². The van der Waals surface area contributed by atoms with Crippen molar-refractivity contribution in [1.29, 1.82) is 0 Å². The second-order valence-corrected chi connectivity index (χ2v) is 6.65. The van der Waals surface area contributed by atoms with Crippen molar-refractivity contribution in [2.45, 2.75) is 18.2 Å². The zero-order valence-electron chi connectivity index (χ0n) is 10.1. The van der Waals surface area contributed by atoms with E-state index in [4.69, 9.17) is 28.3 Å². The fourth-order valence-corrected chi connectivity index (χ4v) is 3.72. The largest absolute Gasteiger partial charge is 0.480 e. The molecule has 0 radical (unpaired) electrons. The minimum absolute atomic E-state index is 0.110. The molecule has 0 aliphatic heterocycles. The minimum Gasteiger partial charge on any atom is -0.480 e. The van der Waals surface area contributed by atoms with Gasteiger partial charge in [0.25, 0.3) is 0 Å². The fraction of sp³-hybridized carbons (Fsp3) is 0.364. The van der Waals surface area contributed by atoms with Crippen LogP contribution in [0.5, 0.6) is 0 Å². The van der Waals surface area contributed by atoms with Gasteiger partial charge in [-0.25, -0.2) is 8.42 Å². The Labute approximate surface area is 121 Å². The number of nitrogens with zero attached hydrogens (tertiary/aromatic N) is 1. The van der Waals surface area contributed by atoms with Crippen LogP contribution in [-0.4, -0.2) is 36.9 Å². The third kappa shape index (κ3) is 4.35. The van der Waals surface area contributed by atoms with Gasteiger partial charge >= 0.3 is 5.97 Å². The second-order valence-electron chi connectivity index (χ2n) is 3.84. The Morgan fingerprint density at radius 2 is 1.79 bits per heavy atom. The molecule has 0 aliphatic rings. The second kappa shape index (κ2) is 6.56. The molecule has 0 heterocycles. The first-order chi connectivity index (χ1) is 8.77. The van der Waals surface area contributed by atoms with E-state index in [0.29, 0.717) is 6.42 Å². The van der Waals surface area contributed by atoms with Crippen molar-refractivity contribution in [3.63, 3.8) is 0 Å². The minimum atomic E-state index is -3.92. The predicted molar refractivity (Wildman–Crippen MR) is 73.1 cm³/mol. The highest BCUT2D eigenvalue weighted by molar-refractivity contribution is 7.89. The average Bonchev–Trinajstić information content (AvgIpc) is 2.26. The molecule has 0 aliphatic carbocycles. The van der Waals surface area contributed by atoms with Gasteiger partial charge in [-0.15, -0.1) is 0 Å². The summed E-state index contributed by atoms with van der Waals surface area (Å²) in [6.07, 6.45) is 0.501. The summed E-state index contributed by atoms with van der Waals surface area (Å²) < 4.78 is 25.5. The van der Waals surface area contributed by atoms with Crippen molar-refractivity contribution in [2.75, 3.05) is 13.1 Å². The van der Waals surface area contributed by atoms with Crippen molar-refractivity contribution < 1.29 is 18.3 Å². The van der Waals surface area contributed by atoms with Crippen LogP contribution in [0.2, 0.25) is 10.0 Å². The highest BCUT2D eigenvalue weighted by Gasteiger charge is 2.26. The quantitative estimate of drug-likeness (QED) is 0.871. The maximum Gasteiger partial charge on any atom is 0.318 e. The summed E-state index contributed by atoms with van der Waals surface area (Å²) in [5, 5.41) is 9.13. The van der Waals surface area contributed by atoms with Crippen molar-refractivity contribution in [1.82, 2.24) is 4.31 Å². The van der Waals surface area contributed by atoms with E-state index in [9.17, 15) is 13.2 Å². The molecular weight excluding hydrogens is 313 g/mol. The Morgan fingerprint density at radius 1 is 1.26 bits per heavy atom. The average molecular weight is 326 g/mol. The molecule has 8 heteroatoms. The molecule has 19 heavy (non-hydrogen) atoms. The Kier molecular flexibility index (Phi) is 5.61. The number of hydrogen-bond acceptors (Lipinski definition) is 3. The summed E-state index contributed by atoms with van der Waals surface area (Å²) in [5.41, 5.74) is 0. The van der Waals surface area contributed by atoms with Gasteiger partial charge in [0.15, 0.2) is 0 Å². The summed E-state index contributed by atoms with van der Waals surface area (Å²) in [7, 11) is -3.92. The van der Waals surface area contributed by atoms with E-state index < -0.39 is 22.5 Å². The monoisotopic (exact) mass is 325 g/mol. The molecule has 0 amide bonds. The lowest BCUT2D eigenvalue weighted by molar-refractivity contribution is -0.137. The van der Waals surface area contributed by atoms with E-state index in [2.05, 4.69) is 0 Å². The first kappa shape index (κ1) is 16.2. The Hall–Kier alpha value is -0.820. The number of hydrogen-bond donors (Lipinski definition) is 1. The summed E-state index contributed by atoms with van der Waals surface area (Å²) in [6.45, 7) is 1.27. The van der Waals surface area contributed by atoms with Gasteiger partial charge in [0.1, 0.15) is 6.54 Å². The van der Waals surface area contributed by atoms with Gasteiger partial charge in [-0.05, 0) is 24.6 Å². The SMILES string of the molecule is CCCN(CC(=O)O)S(=O)(=O)c1cc(Cl)cc(Cl)c1. The molecule has 0 saturated carbocycles. The molecule has 0 saturated heterocycles. The van der Waals surface area contributed by atoms with Crippen LogP contribution < -0.4 is 0 Å². The molecule has 106 valence electrons. The Morgan fingerprint density at radius 3 is 2.21 bits per heavy atom. The van der Waals surface area contributed by atoms with E-state index >= 15 is 0 Å². The van der Waals surface area contributed by atoms with Crippen LogP contribution in [0.1, 0.15) is 13.3 Å². The molecule has 0 atom stereocenters. The molecule has 1 N–H and O–H groups in total. The summed E-state index contributed by atoms with van der Waals surface area (Å²) in [6, 6.07) is 3.89. The molecule has 1 aromatic carbocycles. The van der Waals surface area contributed by atoms with Gasteiger partial charge < -0.3 is 5.11 Å². The van der Waals surface area contributed by atoms with Crippen LogP contribution in [0.15, 0.2) is 23.1 Å². The third-order valence-corrected chi connectivity index (χ3v) is 4.52. The zero-order valence-corrected chi connectivity index (χ0v) is 12.5. The number of carboxylic acids is 1. The molecule has 1 rings (SSSR count). The summed E-state index contributed by atoms with van der Waals surface area (Å²) in [4.78, 5) is 10.6. The lowest BCUT2D eigenvalue weighted by Gasteiger charge is -2.19. The molecule has 0 fully saturated rings. The Bertz CT molecular complexity index is 554. The molecule has 0 bridgehead atoms. The van der Waals surface area contributed by atoms with Crippen molar-refractivity contribution in [3.05, 3.63) is 28.2 Å². The maximum atomic E-state index is 12.3. The molecule has 0 unspecified atom stereocenters. The maximum absolute atomic E-state index is 12.3. The van der Waals surface area contributed by atoms with Crippen molar-refractivity contribution in [3.8, 4) is 0 Å². The standard InChI is InChI=1S/C11H13Cl2NO4S/c1-2-3-14(7-11(15)16)19(17,18)10-5-8(12)4-9(13)6-10/h4-6H,2-3,7H2,1H3,(H,15,16). The molecule has 0 aromatic heterocycles. The van der Waals surface area contributed by atoms with Crippen LogP contribution in [0.25, 0.3) is 0 Å². The van der Waals surface area contributed by atoms with Crippen LogP contribution >= 0.6 is 23.2 Å². The zero-order chi connectivity index (χ0) is 14.6. The molecule has 0 spiro atoms. The number of benzene rings is 1. The fourth-order valence-electron chi connectivity index (χ4n) is 1.51. The van der Waals surface area contributed by atoms with Crippen LogP contribution in [-0.2, 0) is 14.8 Å². The Balaban J connectivity index is 3.21. The van der Waals surface area contributed by atoms with Crippen molar-refractivity contribution in [2.24, 2.45) is 0 Å². The van der Waals surface area contributed by atoms with Gasteiger partial charge in [0, 0.05) is 16.6 Å². The highest BCUT2D eigenvalue weighted by atomic mass is 35.5. The number of rotatable bonds is 6. The molecule has 1 aromatic rings. The normalized spacial score (nSPS) is 11.8. The lowest BCUT2D eigenvalue weighted by atomic mass is 10.4. The number of carboxylic acid groups (broad SMARTS) is 1. The van der Waals surface area contributed by atoms with Gasteiger partial charge in [-0.3, -0.25) is 4.79 Å². The summed E-state index contributed by atoms with van der Waals surface area (Å²) >= 11 is 11.5. The number of carbonyl (C=O) groups is 1. The van der Waals surface area contributed by atoms with Crippen LogP contribution in [0, 0.1) is 0 Å². The van der Waals surface area contributed by atoms with Crippen molar-refractivity contribution >= 4 is 39.2 Å². The predicted octanol–water partition coefficient (Wildman–Crippen LogP) is 2.48. The third-order valence-electron chi connectivity index (χ3n) is 2.26. The summed E-state index contributed by atoms with van der Waals surface area (Å²) in [5.74, 6) is -1.22. The smallest absolute Gasteiger partial charge is 0.318 e. The van der Waals surface area contributed by atoms with Gasteiger partial charge in [-0.1, -0.05) is 30.1 Å². The first-order valence-corrected chi connectivity index (χ1v) is 7.65. The van der Waals surface area contributed by atoms with E-state index in [0.717, 1.165) is 4.31 Å². The lowest BCUT2D eigenvalue weighted by Crippen LogP contribution is -2.36. The molecule has 5 nitrogen and oxygen atoms in total. The number of aliphatic carboxylic acids is 1. The van der Waals surface area contributed by atoms with Crippen LogP contribution in [0.3, 0.4) is 0 Å². The van der Waals surface area contributed by atoms with Gasteiger partial charge in [0.2, 0.25) is 10.0 Å². The number of halogens is 2. The molecular formula is C11H13Cl2NO4S.